The molecule has 3 aromatic rings. The van der Waals surface area contributed by atoms with Gasteiger partial charge in [0.2, 0.25) is 5.91 Å². The van der Waals surface area contributed by atoms with E-state index < -0.39 is 0 Å². The van der Waals surface area contributed by atoms with E-state index in [1.807, 2.05) is 24.3 Å². The van der Waals surface area contributed by atoms with Gasteiger partial charge in [-0.2, -0.15) is 0 Å². The smallest absolute Gasteiger partial charge is 0.224 e. The Hall–Kier alpha value is -2.86. The Balaban J connectivity index is 1.32. The van der Waals surface area contributed by atoms with Gasteiger partial charge in [-0.1, -0.05) is 60.3 Å². The number of carbonyl (C=O) groups is 1. The van der Waals surface area contributed by atoms with Crippen LogP contribution in [0.1, 0.15) is 24.8 Å². The molecular weight excluding hydrogens is 404 g/mol. The molecule has 0 aliphatic carbocycles. The molecule has 0 saturated carbocycles. The summed E-state index contributed by atoms with van der Waals surface area (Å²) in [6, 6.07) is 20.6. The third-order valence-electron chi connectivity index (χ3n) is 5.48. The lowest BCUT2D eigenvalue weighted by molar-refractivity contribution is -0.125. The van der Waals surface area contributed by atoms with E-state index in [2.05, 4.69) is 56.6 Å². The maximum atomic E-state index is 12.8. The number of aryl methyl sites for hydroxylation is 1. The number of amides is 1. The highest BCUT2D eigenvalue weighted by Crippen LogP contribution is 2.33. The summed E-state index contributed by atoms with van der Waals surface area (Å²) in [5, 5.41) is 4.03. The fourth-order valence-corrected chi connectivity index (χ4v) is 4.79. The van der Waals surface area contributed by atoms with Crippen LogP contribution in [0.4, 0.5) is 5.82 Å². The summed E-state index contributed by atoms with van der Waals surface area (Å²) in [5.41, 5.74) is 1.31. The number of hydrogen-bond acceptors (Lipinski definition) is 5. The predicted molar refractivity (Wildman–Crippen MR) is 125 cm³/mol. The maximum Gasteiger partial charge on any atom is 0.224 e. The number of anilines is 1. The Labute approximate surface area is 188 Å². The molecule has 2 heterocycles. The summed E-state index contributed by atoms with van der Waals surface area (Å²) < 4.78 is 0. The Kier molecular flexibility index (Phi) is 7.56. The Morgan fingerprint density at radius 2 is 1.77 bits per heavy atom. The summed E-state index contributed by atoms with van der Waals surface area (Å²) in [5.74, 6) is 1.01. The monoisotopic (exact) mass is 432 g/mol. The summed E-state index contributed by atoms with van der Waals surface area (Å²) in [4.78, 5) is 25.3. The number of nitrogens with zero attached hydrogens (tertiary/aromatic N) is 3. The largest absolute Gasteiger partial charge is 0.356 e. The van der Waals surface area contributed by atoms with Crippen molar-refractivity contribution in [1.29, 1.82) is 0 Å². The van der Waals surface area contributed by atoms with Crippen LogP contribution in [0.15, 0.2) is 83.0 Å². The van der Waals surface area contributed by atoms with E-state index in [1.165, 1.54) is 5.56 Å². The second-order valence-corrected chi connectivity index (χ2v) is 8.83. The molecule has 1 atom stereocenters. The van der Waals surface area contributed by atoms with Gasteiger partial charge in [-0.3, -0.25) is 4.79 Å². The number of piperidine rings is 1. The van der Waals surface area contributed by atoms with Crippen LogP contribution >= 0.6 is 11.8 Å². The molecule has 0 radical (unpaired) electrons. The van der Waals surface area contributed by atoms with Crippen LogP contribution in [-0.2, 0) is 11.2 Å². The van der Waals surface area contributed by atoms with Gasteiger partial charge in [0.25, 0.3) is 0 Å². The first-order chi connectivity index (χ1) is 15.3. The minimum absolute atomic E-state index is 0.0120. The molecule has 6 heteroatoms. The second kappa shape index (κ2) is 11.0. The van der Waals surface area contributed by atoms with Gasteiger partial charge in [0.05, 0.1) is 5.92 Å². The molecule has 0 spiro atoms. The highest BCUT2D eigenvalue weighted by atomic mass is 32.2. The van der Waals surface area contributed by atoms with E-state index in [-0.39, 0.29) is 11.8 Å². The molecule has 4 rings (SSSR count). The average Bonchev–Trinajstić information content (AvgIpc) is 2.83. The van der Waals surface area contributed by atoms with Crippen molar-refractivity contribution in [2.75, 3.05) is 24.5 Å². The molecule has 31 heavy (non-hydrogen) atoms. The van der Waals surface area contributed by atoms with Crippen molar-refractivity contribution in [3.05, 3.63) is 78.6 Å². The van der Waals surface area contributed by atoms with Crippen LogP contribution in [0.5, 0.6) is 0 Å². The van der Waals surface area contributed by atoms with Crippen LogP contribution in [0, 0.1) is 5.92 Å². The average molecular weight is 433 g/mol. The lowest BCUT2D eigenvalue weighted by Crippen LogP contribution is -2.43. The summed E-state index contributed by atoms with van der Waals surface area (Å²) in [6.45, 7) is 2.30. The molecule has 1 saturated heterocycles. The Morgan fingerprint density at radius 1 is 1.03 bits per heavy atom. The predicted octanol–water partition coefficient (Wildman–Crippen LogP) is 4.59. The molecule has 160 valence electrons. The van der Waals surface area contributed by atoms with Gasteiger partial charge >= 0.3 is 0 Å². The SMILES string of the molecule is O=C(NCCCc1ccccc1)[C@H]1CCCN(c2nccnc2Sc2ccccc2)C1. The van der Waals surface area contributed by atoms with Gasteiger partial charge in [0.1, 0.15) is 5.03 Å². The number of hydrogen-bond donors (Lipinski definition) is 1. The fraction of sp³-hybridized carbons (Fsp3) is 0.320. The second-order valence-electron chi connectivity index (χ2n) is 7.77. The summed E-state index contributed by atoms with van der Waals surface area (Å²) in [6.07, 6.45) is 7.30. The van der Waals surface area contributed by atoms with E-state index in [4.69, 9.17) is 0 Å². The van der Waals surface area contributed by atoms with Crippen molar-refractivity contribution in [3.8, 4) is 0 Å². The van der Waals surface area contributed by atoms with Crippen molar-refractivity contribution in [3.63, 3.8) is 0 Å². The molecule has 1 amide bonds. The molecule has 1 aliphatic heterocycles. The lowest BCUT2D eigenvalue weighted by atomic mass is 9.97. The van der Waals surface area contributed by atoms with E-state index >= 15 is 0 Å². The van der Waals surface area contributed by atoms with Gasteiger partial charge in [-0.25, -0.2) is 9.97 Å². The van der Waals surface area contributed by atoms with Gasteiger partial charge < -0.3 is 10.2 Å². The van der Waals surface area contributed by atoms with Crippen LogP contribution in [0.2, 0.25) is 0 Å². The molecule has 1 aliphatic rings. The number of rotatable bonds is 8. The Bertz CT molecular complexity index is 968. The van der Waals surface area contributed by atoms with Gasteiger partial charge in [0, 0.05) is 36.9 Å². The molecule has 5 nitrogen and oxygen atoms in total. The van der Waals surface area contributed by atoms with Crippen LogP contribution in [0.25, 0.3) is 0 Å². The maximum absolute atomic E-state index is 12.8. The van der Waals surface area contributed by atoms with Gasteiger partial charge in [-0.05, 0) is 43.4 Å². The highest BCUT2D eigenvalue weighted by Gasteiger charge is 2.28. The van der Waals surface area contributed by atoms with Crippen molar-refractivity contribution in [2.45, 2.75) is 35.6 Å². The van der Waals surface area contributed by atoms with Crippen molar-refractivity contribution in [2.24, 2.45) is 5.92 Å². The minimum Gasteiger partial charge on any atom is -0.356 e. The Morgan fingerprint density at radius 3 is 2.58 bits per heavy atom. The van der Waals surface area contributed by atoms with Gasteiger partial charge in [0.15, 0.2) is 5.82 Å². The topological polar surface area (TPSA) is 58.1 Å². The highest BCUT2D eigenvalue weighted by molar-refractivity contribution is 7.99. The van der Waals surface area contributed by atoms with Crippen LogP contribution in [0.3, 0.4) is 0 Å². The zero-order chi connectivity index (χ0) is 21.3. The number of benzene rings is 2. The van der Waals surface area contributed by atoms with Crippen molar-refractivity contribution < 1.29 is 4.79 Å². The number of nitrogens with one attached hydrogen (secondary N) is 1. The third kappa shape index (κ3) is 6.07. The molecular formula is C25H28N4OS. The van der Waals surface area contributed by atoms with E-state index in [1.54, 1.807) is 24.2 Å². The number of carbonyl (C=O) groups excluding carboxylic acids is 1. The number of aromatic nitrogens is 2. The zero-order valence-corrected chi connectivity index (χ0v) is 18.4. The van der Waals surface area contributed by atoms with Crippen molar-refractivity contribution >= 4 is 23.5 Å². The normalized spacial score (nSPS) is 16.1. The molecule has 0 unspecified atom stereocenters. The summed E-state index contributed by atoms with van der Waals surface area (Å²) >= 11 is 1.62. The minimum atomic E-state index is -0.0120. The quantitative estimate of drug-likeness (QED) is 0.528. The van der Waals surface area contributed by atoms with Crippen molar-refractivity contribution in [1.82, 2.24) is 15.3 Å². The first kappa shape index (κ1) is 21.4. The molecule has 1 N–H and O–H groups in total. The fourth-order valence-electron chi connectivity index (χ4n) is 3.88. The molecule has 1 aromatic heterocycles. The first-order valence-electron chi connectivity index (χ1n) is 10.9. The van der Waals surface area contributed by atoms with Crippen LogP contribution < -0.4 is 10.2 Å². The third-order valence-corrected chi connectivity index (χ3v) is 6.47. The van der Waals surface area contributed by atoms with E-state index in [9.17, 15) is 4.79 Å². The zero-order valence-electron chi connectivity index (χ0n) is 17.6. The van der Waals surface area contributed by atoms with E-state index in [0.29, 0.717) is 13.1 Å². The molecule has 1 fully saturated rings. The first-order valence-corrected chi connectivity index (χ1v) is 11.7. The van der Waals surface area contributed by atoms with Gasteiger partial charge in [-0.15, -0.1) is 0 Å². The van der Waals surface area contributed by atoms with Crippen LogP contribution in [-0.4, -0.2) is 35.5 Å². The lowest BCUT2D eigenvalue weighted by Gasteiger charge is -2.33. The summed E-state index contributed by atoms with van der Waals surface area (Å²) in [7, 11) is 0. The standard InChI is InChI=1S/C25H28N4OS/c30-24(27-15-7-11-20-9-3-1-4-10-20)21-12-8-18-29(19-21)23-25(28-17-16-26-23)31-22-13-5-2-6-14-22/h1-6,9-10,13-14,16-17,21H,7-8,11-12,15,18-19H2,(H,27,30)/t21-/m0/s1. The molecule has 2 aromatic carbocycles. The van der Waals surface area contributed by atoms with E-state index in [0.717, 1.165) is 48.0 Å². The molecule has 0 bridgehead atoms.